The lowest BCUT2D eigenvalue weighted by atomic mass is 9.75. The van der Waals surface area contributed by atoms with Crippen molar-refractivity contribution in [2.45, 2.75) is 80.5 Å². The highest BCUT2D eigenvalue weighted by Gasteiger charge is 2.43. The Bertz CT molecular complexity index is 2470. The molecule has 6 rings (SSSR count). The minimum atomic E-state index is -5.53. The first-order valence-electron chi connectivity index (χ1n) is 20.3. The molecule has 0 bridgehead atoms. The van der Waals surface area contributed by atoms with Crippen LogP contribution in [0.2, 0.25) is 0 Å². The minimum Gasteiger partial charge on any atom is -0.166 e. The third-order valence-electron chi connectivity index (χ3n) is 11.7. The van der Waals surface area contributed by atoms with Crippen molar-refractivity contribution < 1.29 is 105 Å². The Balaban J connectivity index is 1.53. The van der Waals surface area contributed by atoms with Crippen LogP contribution in [0.1, 0.15) is 115 Å². The Morgan fingerprint density at radius 2 is 0.356 bits per heavy atom. The van der Waals surface area contributed by atoms with E-state index >= 15 is 0 Å². The molecule has 392 valence electrons. The van der Waals surface area contributed by atoms with Gasteiger partial charge in [0.2, 0.25) is 0 Å². The molecule has 6 aromatic carbocycles. The standard InChI is InChI=1S/C49H28F24/c1-41(2,29-7-3-23(4-8-29)39(25-11-31(42(50,51)52)19-32(12-25)43(53,54)55)26-13-33(44(56,57)58)20-34(14-26)45(59,60)61)30-9-5-24(6-10-30)40(27-15-35(46(62,63)64)21-36(16-27)47(65,66)67)28-17-37(48(68,69)70)22-38(18-28)49(71,72)73/h3-22,39-40H,1-2H3. The summed E-state index contributed by atoms with van der Waals surface area (Å²) in [5.41, 5.74) is -22.2. The fourth-order valence-corrected chi connectivity index (χ4v) is 8.09. The Labute approximate surface area is 395 Å². The van der Waals surface area contributed by atoms with E-state index in [9.17, 15) is 105 Å². The van der Waals surface area contributed by atoms with E-state index in [1.54, 1.807) is 0 Å². The normalized spacial score (nSPS) is 13.9. The second-order valence-electron chi connectivity index (χ2n) is 17.1. The lowest BCUT2D eigenvalue weighted by Gasteiger charge is -2.29. The molecule has 0 fully saturated rings. The van der Waals surface area contributed by atoms with Crippen molar-refractivity contribution in [2.24, 2.45) is 0 Å². The van der Waals surface area contributed by atoms with Gasteiger partial charge in [-0.25, -0.2) is 0 Å². The molecule has 0 heterocycles. The first-order chi connectivity index (χ1) is 33.0. The van der Waals surface area contributed by atoms with Crippen molar-refractivity contribution in [3.63, 3.8) is 0 Å². The van der Waals surface area contributed by atoms with Crippen molar-refractivity contribution in [3.05, 3.63) is 210 Å². The number of benzene rings is 6. The molecule has 0 saturated heterocycles. The summed E-state index contributed by atoms with van der Waals surface area (Å²) < 4.78 is 337. The van der Waals surface area contributed by atoms with Gasteiger partial charge in [-0.05, 0) is 117 Å². The van der Waals surface area contributed by atoms with E-state index in [-0.39, 0.29) is 83.9 Å². The van der Waals surface area contributed by atoms with Crippen molar-refractivity contribution in [1.29, 1.82) is 0 Å². The molecule has 0 aliphatic rings. The van der Waals surface area contributed by atoms with Crippen LogP contribution in [0, 0.1) is 0 Å². The van der Waals surface area contributed by atoms with Crippen molar-refractivity contribution >= 4 is 0 Å². The van der Waals surface area contributed by atoms with E-state index in [0.717, 1.165) is 48.5 Å². The zero-order chi connectivity index (χ0) is 55.0. The highest BCUT2D eigenvalue weighted by Crippen LogP contribution is 2.48. The molecule has 0 N–H and O–H groups in total. The van der Waals surface area contributed by atoms with Gasteiger partial charge in [-0.1, -0.05) is 62.4 Å². The first-order valence-corrected chi connectivity index (χ1v) is 20.3. The first kappa shape index (κ1) is 55.9. The second kappa shape index (κ2) is 18.5. The maximum absolute atomic E-state index is 14.0. The summed E-state index contributed by atoms with van der Waals surface area (Å²) in [6, 6.07) is 7.76. The van der Waals surface area contributed by atoms with Gasteiger partial charge in [-0.2, -0.15) is 105 Å². The molecule has 73 heavy (non-hydrogen) atoms. The largest absolute Gasteiger partial charge is 0.416 e. The van der Waals surface area contributed by atoms with E-state index in [1.165, 1.54) is 13.8 Å². The summed E-state index contributed by atoms with van der Waals surface area (Å²) in [7, 11) is 0. The lowest BCUT2D eigenvalue weighted by molar-refractivity contribution is -0.144. The van der Waals surface area contributed by atoms with E-state index in [4.69, 9.17) is 0 Å². The molecule has 0 amide bonds. The average Bonchev–Trinajstić information content (AvgIpc) is 3.24. The SMILES string of the molecule is CC(C)(c1ccc(C(c2cc(C(F)(F)F)cc(C(F)(F)F)c2)c2cc(C(F)(F)F)cc(C(F)(F)F)c2)cc1)c1ccc(C(c2cc(C(F)(F)F)cc(C(F)(F)F)c2)c2cc(C(F)(F)F)cc(C(F)(F)F)c2)cc1. The fourth-order valence-electron chi connectivity index (χ4n) is 8.09. The second-order valence-corrected chi connectivity index (χ2v) is 17.1. The summed E-state index contributed by atoms with van der Waals surface area (Å²) in [6.07, 6.45) is -44.3. The van der Waals surface area contributed by atoms with Gasteiger partial charge in [0.1, 0.15) is 0 Å². The molecule has 6 aromatic rings. The zero-order valence-electron chi connectivity index (χ0n) is 36.3. The van der Waals surface area contributed by atoms with Gasteiger partial charge in [0.05, 0.1) is 44.5 Å². The number of hydrogen-bond acceptors (Lipinski definition) is 0. The summed E-state index contributed by atoms with van der Waals surface area (Å²) >= 11 is 0. The van der Waals surface area contributed by atoms with E-state index in [1.807, 2.05) is 0 Å². The van der Waals surface area contributed by atoms with Crippen LogP contribution in [0.5, 0.6) is 0 Å². The quantitative estimate of drug-likeness (QED) is 0.105. The van der Waals surface area contributed by atoms with Crippen LogP contribution in [0.4, 0.5) is 105 Å². The molecule has 0 aliphatic carbocycles. The summed E-state index contributed by atoms with van der Waals surface area (Å²) in [5, 5.41) is 0. The molecule has 0 atom stereocenters. The van der Waals surface area contributed by atoms with E-state index < -0.39 is 145 Å². The van der Waals surface area contributed by atoms with Gasteiger partial charge < -0.3 is 0 Å². The summed E-state index contributed by atoms with van der Waals surface area (Å²) in [6.45, 7) is 2.81. The fraction of sp³-hybridized carbons (Fsp3) is 0.265. The number of alkyl halides is 24. The predicted octanol–water partition coefficient (Wildman–Crippen LogP) is 18.5. The Kier molecular flexibility index (Phi) is 14.2. The van der Waals surface area contributed by atoms with E-state index in [0.29, 0.717) is 0 Å². The number of rotatable bonds is 8. The third-order valence-corrected chi connectivity index (χ3v) is 11.7. The molecule has 0 spiro atoms. The molecule has 0 saturated carbocycles. The highest BCUT2D eigenvalue weighted by molar-refractivity contribution is 5.53. The van der Waals surface area contributed by atoms with Crippen LogP contribution in [0.3, 0.4) is 0 Å². The highest BCUT2D eigenvalue weighted by atomic mass is 19.4. The van der Waals surface area contributed by atoms with Gasteiger partial charge in [-0.3, -0.25) is 0 Å². The Hall–Kier alpha value is -6.36. The topological polar surface area (TPSA) is 0 Å². The van der Waals surface area contributed by atoms with Gasteiger partial charge in [0.15, 0.2) is 0 Å². The lowest BCUT2D eigenvalue weighted by Crippen LogP contribution is -2.20. The van der Waals surface area contributed by atoms with Crippen LogP contribution in [-0.4, -0.2) is 0 Å². The van der Waals surface area contributed by atoms with Crippen molar-refractivity contribution in [2.75, 3.05) is 0 Å². The van der Waals surface area contributed by atoms with Gasteiger partial charge in [0, 0.05) is 17.3 Å². The van der Waals surface area contributed by atoms with Crippen LogP contribution in [0.25, 0.3) is 0 Å². The monoisotopic (exact) mass is 1070 g/mol. The van der Waals surface area contributed by atoms with Gasteiger partial charge in [-0.15, -0.1) is 0 Å². The maximum Gasteiger partial charge on any atom is 0.416 e. The summed E-state index contributed by atoms with van der Waals surface area (Å²) in [4.78, 5) is 0. The number of hydrogen-bond donors (Lipinski definition) is 0. The third kappa shape index (κ3) is 12.5. The average molecular weight is 1070 g/mol. The van der Waals surface area contributed by atoms with Crippen molar-refractivity contribution in [3.8, 4) is 0 Å². The van der Waals surface area contributed by atoms with Gasteiger partial charge in [0.25, 0.3) is 0 Å². The molecule has 0 aromatic heterocycles. The Morgan fingerprint density at radius 1 is 0.205 bits per heavy atom. The van der Waals surface area contributed by atoms with Crippen LogP contribution in [-0.2, 0) is 54.8 Å². The Morgan fingerprint density at radius 3 is 0.493 bits per heavy atom. The van der Waals surface area contributed by atoms with Gasteiger partial charge >= 0.3 is 49.4 Å². The molecule has 0 nitrogen and oxygen atoms in total. The van der Waals surface area contributed by atoms with Crippen molar-refractivity contribution in [1.82, 2.24) is 0 Å². The minimum absolute atomic E-state index is 0.0970. The molecule has 0 radical (unpaired) electrons. The van der Waals surface area contributed by atoms with E-state index in [2.05, 4.69) is 0 Å². The molecular formula is C49H28F24. The molecule has 0 unspecified atom stereocenters. The molecular weight excluding hydrogens is 1040 g/mol. The summed E-state index contributed by atoms with van der Waals surface area (Å²) in [5.74, 6) is -4.44. The molecule has 24 heteroatoms. The van der Waals surface area contributed by atoms with Crippen LogP contribution in [0.15, 0.2) is 121 Å². The van der Waals surface area contributed by atoms with Crippen LogP contribution < -0.4 is 0 Å². The number of halogens is 24. The van der Waals surface area contributed by atoms with Crippen LogP contribution >= 0.6 is 0 Å². The smallest absolute Gasteiger partial charge is 0.166 e. The predicted molar refractivity (Wildman–Crippen MR) is 213 cm³/mol. The zero-order valence-corrected chi connectivity index (χ0v) is 36.3. The maximum atomic E-state index is 14.0. The molecule has 0 aliphatic heterocycles.